The van der Waals surface area contributed by atoms with Crippen molar-refractivity contribution < 1.29 is 27.1 Å². The Labute approximate surface area is 163 Å². The van der Waals surface area contributed by atoms with Crippen molar-refractivity contribution in [3.05, 3.63) is 83.2 Å². The fourth-order valence-corrected chi connectivity index (χ4v) is 2.50. The van der Waals surface area contributed by atoms with Crippen molar-refractivity contribution in [2.75, 3.05) is 12.4 Å². The molecule has 0 bridgehead atoms. The number of aromatic nitrogens is 2. The van der Waals surface area contributed by atoms with E-state index < -0.39 is 41.3 Å². The Kier molecular flexibility index (Phi) is 5.96. The first kappa shape index (κ1) is 20.1. The fourth-order valence-electron chi connectivity index (χ4n) is 2.50. The number of nitrogens with one attached hydrogen (secondary N) is 1. The van der Waals surface area contributed by atoms with Crippen molar-refractivity contribution in [1.29, 1.82) is 0 Å². The molecule has 0 saturated carbocycles. The zero-order chi connectivity index (χ0) is 21.0. The van der Waals surface area contributed by atoms with Gasteiger partial charge in [-0.05, 0) is 23.8 Å². The number of hydrogen-bond donors (Lipinski definition) is 1. The highest BCUT2D eigenvalue weighted by Gasteiger charge is 2.19. The lowest BCUT2D eigenvalue weighted by atomic mass is 10.2. The number of benzene rings is 2. The van der Waals surface area contributed by atoms with Gasteiger partial charge in [-0.15, -0.1) is 0 Å². The van der Waals surface area contributed by atoms with E-state index in [4.69, 9.17) is 4.74 Å². The molecule has 0 aliphatic rings. The molecule has 29 heavy (non-hydrogen) atoms. The van der Waals surface area contributed by atoms with Crippen LogP contribution in [0.5, 0.6) is 5.75 Å². The average Bonchev–Trinajstić information content (AvgIpc) is 3.15. The quantitative estimate of drug-likeness (QED) is 0.290. The standard InChI is InChI=1S/C20H15F4N3O2/c1-29-14-5-2-12(3-6-14)4-7-18(28)26-13-9-25-27(10-13)11-15-16(21)8-17(22)20(24)19(15)23/h2-10H,11H2,1H3,(H,26,28)/b7-4+. The van der Waals surface area contributed by atoms with Crippen LogP contribution < -0.4 is 10.1 Å². The zero-order valence-corrected chi connectivity index (χ0v) is 15.1. The van der Waals surface area contributed by atoms with Crippen LogP contribution in [0.25, 0.3) is 6.08 Å². The van der Waals surface area contributed by atoms with Gasteiger partial charge in [0.1, 0.15) is 11.6 Å². The number of rotatable bonds is 6. The molecule has 0 unspecified atom stereocenters. The van der Waals surface area contributed by atoms with Crippen LogP contribution in [-0.2, 0) is 11.3 Å². The molecule has 1 heterocycles. The molecule has 5 nitrogen and oxygen atoms in total. The first-order chi connectivity index (χ1) is 13.9. The van der Waals surface area contributed by atoms with E-state index in [1.807, 2.05) is 0 Å². The van der Waals surface area contributed by atoms with Gasteiger partial charge in [0.15, 0.2) is 17.5 Å². The zero-order valence-electron chi connectivity index (χ0n) is 15.1. The molecule has 0 radical (unpaired) electrons. The summed E-state index contributed by atoms with van der Waals surface area (Å²) in [5.41, 5.74) is 0.364. The summed E-state index contributed by atoms with van der Waals surface area (Å²) in [4.78, 5) is 12.0. The van der Waals surface area contributed by atoms with Gasteiger partial charge in [-0.25, -0.2) is 17.6 Å². The van der Waals surface area contributed by atoms with Crippen molar-refractivity contribution in [2.24, 2.45) is 0 Å². The Balaban J connectivity index is 1.65. The van der Waals surface area contributed by atoms with Crippen molar-refractivity contribution in [3.63, 3.8) is 0 Å². The molecular weight excluding hydrogens is 390 g/mol. The minimum absolute atomic E-state index is 0.262. The van der Waals surface area contributed by atoms with Gasteiger partial charge in [0.05, 0.1) is 25.5 Å². The van der Waals surface area contributed by atoms with Gasteiger partial charge in [0.25, 0.3) is 0 Å². The Bertz CT molecular complexity index is 1060. The van der Waals surface area contributed by atoms with E-state index in [9.17, 15) is 22.4 Å². The van der Waals surface area contributed by atoms with Gasteiger partial charge in [0, 0.05) is 23.9 Å². The molecule has 0 aliphatic heterocycles. The molecule has 0 saturated heterocycles. The maximum absolute atomic E-state index is 13.8. The maximum Gasteiger partial charge on any atom is 0.248 e. The van der Waals surface area contributed by atoms with Gasteiger partial charge in [-0.1, -0.05) is 12.1 Å². The number of methoxy groups -OCH3 is 1. The Morgan fingerprint density at radius 1 is 1.14 bits per heavy atom. The van der Waals surface area contributed by atoms with Gasteiger partial charge >= 0.3 is 0 Å². The maximum atomic E-state index is 13.8. The second-order valence-electron chi connectivity index (χ2n) is 5.97. The summed E-state index contributed by atoms with van der Waals surface area (Å²) in [6, 6.07) is 7.30. The molecule has 0 aliphatic carbocycles. The number of amides is 1. The number of nitrogens with zero attached hydrogens (tertiary/aromatic N) is 2. The lowest BCUT2D eigenvalue weighted by Gasteiger charge is -2.06. The van der Waals surface area contributed by atoms with Crippen molar-refractivity contribution >= 4 is 17.7 Å². The topological polar surface area (TPSA) is 56.1 Å². The molecule has 0 atom stereocenters. The van der Waals surface area contributed by atoms with E-state index in [0.717, 1.165) is 10.2 Å². The predicted octanol–water partition coefficient (Wildman–Crippen LogP) is 4.15. The molecule has 0 spiro atoms. The second kappa shape index (κ2) is 8.59. The molecule has 0 fully saturated rings. The smallest absolute Gasteiger partial charge is 0.248 e. The summed E-state index contributed by atoms with van der Waals surface area (Å²) in [6.45, 7) is -0.480. The number of halogens is 4. The summed E-state index contributed by atoms with van der Waals surface area (Å²) in [7, 11) is 1.55. The van der Waals surface area contributed by atoms with E-state index in [1.54, 1.807) is 37.5 Å². The third kappa shape index (κ3) is 4.81. The monoisotopic (exact) mass is 405 g/mol. The van der Waals surface area contributed by atoms with Crippen LogP contribution in [0.3, 0.4) is 0 Å². The van der Waals surface area contributed by atoms with E-state index in [2.05, 4.69) is 10.4 Å². The van der Waals surface area contributed by atoms with Crippen molar-refractivity contribution in [2.45, 2.75) is 6.54 Å². The number of carbonyl (C=O) groups is 1. The summed E-state index contributed by atoms with van der Waals surface area (Å²) >= 11 is 0. The lowest BCUT2D eigenvalue weighted by Crippen LogP contribution is -2.09. The van der Waals surface area contributed by atoms with Gasteiger partial charge in [0.2, 0.25) is 5.91 Å². The average molecular weight is 405 g/mol. The molecule has 3 rings (SSSR count). The van der Waals surface area contributed by atoms with E-state index >= 15 is 0 Å². The first-order valence-electron chi connectivity index (χ1n) is 8.35. The normalized spacial score (nSPS) is 11.1. The largest absolute Gasteiger partial charge is 0.497 e. The number of carbonyl (C=O) groups excluding carboxylic acids is 1. The Hall–Kier alpha value is -3.62. The molecule has 3 aromatic rings. The van der Waals surface area contributed by atoms with Crippen LogP contribution in [0.15, 0.2) is 48.8 Å². The molecule has 2 aromatic carbocycles. The van der Waals surface area contributed by atoms with Crippen molar-refractivity contribution in [3.8, 4) is 5.75 Å². The molecule has 1 amide bonds. The third-order valence-electron chi connectivity index (χ3n) is 3.97. The van der Waals surface area contributed by atoms with E-state index in [-0.39, 0.29) is 11.8 Å². The van der Waals surface area contributed by atoms with Crippen LogP contribution in [0.1, 0.15) is 11.1 Å². The SMILES string of the molecule is COc1ccc(/C=C/C(=O)Nc2cnn(Cc3c(F)cc(F)c(F)c3F)c2)cc1. The molecule has 1 N–H and O–H groups in total. The minimum atomic E-state index is -1.76. The lowest BCUT2D eigenvalue weighted by molar-refractivity contribution is -0.111. The molecule has 1 aromatic heterocycles. The van der Waals surface area contributed by atoms with Gasteiger partial charge < -0.3 is 10.1 Å². The van der Waals surface area contributed by atoms with Crippen LogP contribution in [-0.4, -0.2) is 22.8 Å². The van der Waals surface area contributed by atoms with Crippen LogP contribution in [0.2, 0.25) is 0 Å². The highest BCUT2D eigenvalue weighted by molar-refractivity contribution is 6.01. The highest BCUT2D eigenvalue weighted by Crippen LogP contribution is 2.20. The highest BCUT2D eigenvalue weighted by atomic mass is 19.2. The van der Waals surface area contributed by atoms with Gasteiger partial charge in [-0.3, -0.25) is 9.48 Å². The molecular formula is C20H15F4N3O2. The Morgan fingerprint density at radius 2 is 1.86 bits per heavy atom. The summed E-state index contributed by atoms with van der Waals surface area (Å²) in [6.07, 6.45) is 5.45. The predicted molar refractivity (Wildman–Crippen MR) is 98.3 cm³/mol. The molecule has 9 heteroatoms. The molecule has 150 valence electrons. The number of anilines is 1. The summed E-state index contributed by atoms with van der Waals surface area (Å²) in [5, 5.41) is 6.39. The van der Waals surface area contributed by atoms with Crippen LogP contribution >= 0.6 is 0 Å². The summed E-state index contributed by atoms with van der Waals surface area (Å²) in [5.74, 6) is -5.99. The first-order valence-corrected chi connectivity index (χ1v) is 8.35. The number of ether oxygens (including phenoxy) is 1. The number of hydrogen-bond acceptors (Lipinski definition) is 3. The van der Waals surface area contributed by atoms with E-state index in [1.165, 1.54) is 18.5 Å². The van der Waals surface area contributed by atoms with Crippen LogP contribution in [0, 0.1) is 23.3 Å². The van der Waals surface area contributed by atoms with Gasteiger partial charge in [-0.2, -0.15) is 5.10 Å². The van der Waals surface area contributed by atoms with Crippen molar-refractivity contribution in [1.82, 2.24) is 9.78 Å². The second-order valence-corrected chi connectivity index (χ2v) is 5.97. The van der Waals surface area contributed by atoms with E-state index in [0.29, 0.717) is 5.75 Å². The Morgan fingerprint density at radius 3 is 2.55 bits per heavy atom. The summed E-state index contributed by atoms with van der Waals surface area (Å²) < 4.78 is 59.9. The fraction of sp³-hybridized carbons (Fsp3) is 0.100. The van der Waals surface area contributed by atoms with Crippen LogP contribution in [0.4, 0.5) is 23.2 Å². The minimum Gasteiger partial charge on any atom is -0.497 e. The third-order valence-corrected chi connectivity index (χ3v) is 3.97.